The van der Waals surface area contributed by atoms with Crippen LogP contribution in [0.5, 0.6) is 0 Å². The molecule has 4 nitrogen and oxygen atoms in total. The number of nitrogens with zero attached hydrogens (tertiary/aromatic N) is 4. The summed E-state index contributed by atoms with van der Waals surface area (Å²) in [5, 5.41) is 4.80. The van der Waals surface area contributed by atoms with E-state index in [4.69, 9.17) is 0 Å². The molecule has 0 spiro atoms. The van der Waals surface area contributed by atoms with Crippen molar-refractivity contribution in [3.05, 3.63) is 298 Å². The van der Waals surface area contributed by atoms with Gasteiger partial charge >= 0.3 is 0 Å². The third-order valence-corrected chi connectivity index (χ3v) is 19.1. The average Bonchev–Trinajstić information content (AvgIpc) is 1.58. The monoisotopic (exact) mass is 1290 g/mol. The van der Waals surface area contributed by atoms with Crippen LogP contribution >= 0.6 is 31.9 Å². The van der Waals surface area contributed by atoms with E-state index in [9.17, 15) is 0 Å². The lowest BCUT2D eigenvalue weighted by molar-refractivity contribution is 0.717. The van der Waals surface area contributed by atoms with Crippen molar-refractivity contribution in [1.82, 2.24) is 9.13 Å². The number of unbranched alkanes of at least 4 members (excludes halogenated alkanes) is 4. The largest absolute Gasteiger partial charge is 0.310 e. The molecule has 90 heavy (non-hydrogen) atoms. The molecule has 0 aliphatic carbocycles. The van der Waals surface area contributed by atoms with Gasteiger partial charge in [-0.3, -0.25) is 0 Å². The zero-order valence-electron chi connectivity index (χ0n) is 51.6. The molecular weight excluding hydrogens is 1220 g/mol. The molecule has 14 aromatic rings. The molecule has 0 aliphatic rings. The summed E-state index contributed by atoms with van der Waals surface area (Å²) in [5.41, 5.74) is 25.8. The molecule has 14 rings (SSSR count). The number of rotatable bonds is 19. The second-order valence-electron chi connectivity index (χ2n) is 24.1. The average molecular weight is 1300 g/mol. The molecule has 0 aliphatic heterocycles. The Labute approximate surface area is 546 Å². The van der Waals surface area contributed by atoms with E-state index >= 15 is 0 Å². The molecule has 0 unspecified atom stereocenters. The van der Waals surface area contributed by atoms with Gasteiger partial charge in [0.15, 0.2) is 0 Å². The van der Waals surface area contributed by atoms with Gasteiger partial charge in [-0.05, 0) is 230 Å². The van der Waals surface area contributed by atoms with Crippen molar-refractivity contribution >= 4 is 110 Å². The summed E-state index contributed by atoms with van der Waals surface area (Å²) in [6.07, 6.45) is 9.46. The standard InChI is InChI=1S/C84H72Br2N4/c1-5-7-9-17-59-31-43-67(44-32-59)89-79-53-51-69(87(63-39-27-57(3)28-40-63)65-47-35-61(85)36-48-65)55-77(79)83-75(23-15-25-81(83)89)73-21-13-11-19-71(73)72-20-12-14-22-74(72)76-24-16-26-82-84(76)78-56-70(88(64-41-29-58(4)30-42-64)66-49-37-62(86)38-50-66)52-54-80(78)90(82)68-45-33-60(34-46-68)18-10-8-6-2/h11-16,19-56H,5-10,17-18H2,1-4H3. The third kappa shape index (κ3) is 11.4. The maximum atomic E-state index is 3.73. The van der Waals surface area contributed by atoms with Crippen LogP contribution in [0.4, 0.5) is 34.1 Å². The summed E-state index contributed by atoms with van der Waals surface area (Å²) in [6.45, 7) is 8.86. The fraction of sp³-hybridized carbons (Fsp3) is 0.143. The van der Waals surface area contributed by atoms with Crippen LogP contribution in [0.15, 0.2) is 276 Å². The van der Waals surface area contributed by atoms with Crippen LogP contribution in [-0.4, -0.2) is 9.13 Å². The third-order valence-electron chi connectivity index (χ3n) is 18.1. The molecule has 442 valence electrons. The highest BCUT2D eigenvalue weighted by Crippen LogP contribution is 2.49. The van der Waals surface area contributed by atoms with Gasteiger partial charge < -0.3 is 18.9 Å². The van der Waals surface area contributed by atoms with Crippen molar-refractivity contribution in [3.8, 4) is 44.8 Å². The molecular formula is C84H72Br2N4. The molecule has 0 atom stereocenters. The first-order valence-electron chi connectivity index (χ1n) is 32.0. The minimum Gasteiger partial charge on any atom is -0.310 e. The van der Waals surface area contributed by atoms with Crippen LogP contribution in [0.3, 0.4) is 0 Å². The van der Waals surface area contributed by atoms with E-state index < -0.39 is 0 Å². The number of aromatic nitrogens is 2. The molecule has 0 saturated carbocycles. The second kappa shape index (κ2) is 25.7. The summed E-state index contributed by atoms with van der Waals surface area (Å²) < 4.78 is 7.07. The first-order valence-corrected chi connectivity index (χ1v) is 33.6. The van der Waals surface area contributed by atoms with Crippen LogP contribution < -0.4 is 9.80 Å². The Kier molecular flexibility index (Phi) is 16.7. The number of aryl methyl sites for hydroxylation is 4. The first kappa shape index (κ1) is 58.5. The SMILES string of the molecule is CCCCCc1ccc(-n2c3ccc(N(c4ccc(C)cc4)c4ccc(Br)cc4)cc3c3c(-c4ccccc4-c4ccccc4-c4cccc5c4c4cc(N(c6ccc(C)cc6)c6ccc(Br)cc6)ccc4n5-c4ccc(CCCCC)cc4)cccc32)cc1. The van der Waals surface area contributed by atoms with E-state index in [1.54, 1.807) is 0 Å². The fourth-order valence-electron chi connectivity index (χ4n) is 13.6. The Morgan fingerprint density at radius 3 is 0.978 bits per heavy atom. The van der Waals surface area contributed by atoms with Crippen molar-refractivity contribution in [3.63, 3.8) is 0 Å². The van der Waals surface area contributed by atoms with Crippen molar-refractivity contribution in [2.24, 2.45) is 0 Å². The minimum atomic E-state index is 1.05. The van der Waals surface area contributed by atoms with E-state index in [0.717, 1.165) is 89.4 Å². The Morgan fingerprint density at radius 1 is 0.300 bits per heavy atom. The number of benzene rings is 12. The first-order chi connectivity index (χ1) is 44.2. The normalized spacial score (nSPS) is 11.6. The summed E-state index contributed by atoms with van der Waals surface area (Å²) in [6, 6.07) is 100.0. The van der Waals surface area contributed by atoms with Crippen molar-refractivity contribution < 1.29 is 0 Å². The van der Waals surface area contributed by atoms with Crippen LogP contribution in [0.2, 0.25) is 0 Å². The highest BCUT2D eigenvalue weighted by Gasteiger charge is 2.25. The zero-order valence-corrected chi connectivity index (χ0v) is 54.8. The van der Waals surface area contributed by atoms with Gasteiger partial charge in [0, 0.05) is 76.0 Å². The molecule has 12 aromatic carbocycles. The van der Waals surface area contributed by atoms with Crippen LogP contribution in [-0.2, 0) is 12.8 Å². The van der Waals surface area contributed by atoms with E-state index in [-0.39, 0.29) is 0 Å². The number of hydrogen-bond donors (Lipinski definition) is 0. The summed E-state index contributed by atoms with van der Waals surface area (Å²) in [7, 11) is 0. The number of anilines is 6. The topological polar surface area (TPSA) is 16.3 Å². The lowest BCUT2D eigenvalue weighted by Crippen LogP contribution is -2.09. The van der Waals surface area contributed by atoms with E-state index in [1.807, 2.05) is 0 Å². The van der Waals surface area contributed by atoms with Gasteiger partial charge in [-0.1, -0.05) is 204 Å². The van der Waals surface area contributed by atoms with Gasteiger partial charge in [-0.15, -0.1) is 0 Å². The minimum absolute atomic E-state index is 1.05. The van der Waals surface area contributed by atoms with Gasteiger partial charge in [-0.2, -0.15) is 0 Å². The Bertz CT molecular complexity index is 4460. The highest BCUT2D eigenvalue weighted by atomic mass is 79.9. The molecule has 0 saturated heterocycles. The van der Waals surface area contributed by atoms with E-state index in [1.165, 1.54) is 116 Å². The van der Waals surface area contributed by atoms with Crippen LogP contribution in [0.25, 0.3) is 88.4 Å². The fourth-order valence-corrected chi connectivity index (χ4v) is 14.1. The van der Waals surface area contributed by atoms with Gasteiger partial charge in [0.1, 0.15) is 0 Å². The van der Waals surface area contributed by atoms with Gasteiger partial charge in [0.05, 0.1) is 22.1 Å². The molecule has 0 radical (unpaired) electrons. The summed E-state index contributed by atoms with van der Waals surface area (Å²) in [4.78, 5) is 4.77. The molecule has 0 N–H and O–H groups in total. The predicted molar refractivity (Wildman–Crippen MR) is 392 cm³/mol. The summed E-state index contributed by atoms with van der Waals surface area (Å²) >= 11 is 7.46. The van der Waals surface area contributed by atoms with Gasteiger partial charge in [-0.25, -0.2) is 0 Å². The second-order valence-corrected chi connectivity index (χ2v) is 25.9. The molecule has 0 amide bonds. The quantitative estimate of drug-likeness (QED) is 0.0750. The highest BCUT2D eigenvalue weighted by molar-refractivity contribution is 9.10. The zero-order chi connectivity index (χ0) is 61.2. The maximum Gasteiger partial charge on any atom is 0.0547 e. The van der Waals surface area contributed by atoms with Crippen molar-refractivity contribution in [2.75, 3.05) is 9.80 Å². The molecule has 0 fully saturated rings. The Hall–Kier alpha value is -9.20. The lowest BCUT2D eigenvalue weighted by atomic mass is 9.87. The summed E-state index contributed by atoms with van der Waals surface area (Å²) in [5.74, 6) is 0. The van der Waals surface area contributed by atoms with Crippen LogP contribution in [0, 0.1) is 13.8 Å². The lowest BCUT2D eigenvalue weighted by Gasteiger charge is -2.26. The molecule has 6 heteroatoms. The number of halogens is 2. The molecule has 0 bridgehead atoms. The van der Waals surface area contributed by atoms with Gasteiger partial charge in [0.2, 0.25) is 0 Å². The van der Waals surface area contributed by atoms with Crippen molar-refractivity contribution in [1.29, 1.82) is 0 Å². The van der Waals surface area contributed by atoms with Crippen molar-refractivity contribution in [2.45, 2.75) is 79.1 Å². The molecule has 2 aromatic heterocycles. The van der Waals surface area contributed by atoms with E-state index in [0.29, 0.717) is 0 Å². The maximum absolute atomic E-state index is 3.73. The Morgan fingerprint density at radius 2 is 0.622 bits per heavy atom. The Balaban J connectivity index is 0.981. The van der Waals surface area contributed by atoms with Crippen LogP contribution in [0.1, 0.15) is 74.6 Å². The predicted octanol–water partition coefficient (Wildman–Crippen LogP) is 25.4. The number of fused-ring (bicyclic) bond motifs is 6. The van der Waals surface area contributed by atoms with Gasteiger partial charge in [0.25, 0.3) is 0 Å². The number of hydrogen-bond acceptors (Lipinski definition) is 2. The smallest absolute Gasteiger partial charge is 0.0547 e. The molecule has 2 heterocycles. The van der Waals surface area contributed by atoms with E-state index in [2.05, 4.69) is 345 Å².